The predicted octanol–water partition coefficient (Wildman–Crippen LogP) is 6.43. The minimum Gasteiger partial charge on any atom is -0.508 e. The minimum atomic E-state index is -0.374. The van der Waals surface area contributed by atoms with Crippen molar-refractivity contribution < 1.29 is 69.6 Å². The third kappa shape index (κ3) is 8.72. The van der Waals surface area contributed by atoms with Gasteiger partial charge in [-0.05, 0) is 134 Å². The van der Waals surface area contributed by atoms with Crippen molar-refractivity contribution in [2.45, 2.75) is 83.8 Å². The Morgan fingerprint density at radius 3 is 1.35 bits per heavy atom. The third-order valence-electron chi connectivity index (χ3n) is 7.16. The second-order valence-electron chi connectivity index (χ2n) is 9.74. The zero-order valence-electron chi connectivity index (χ0n) is 20.7. The molecule has 0 heterocycles. The molecule has 37 heavy (non-hydrogen) atoms. The van der Waals surface area contributed by atoms with Gasteiger partial charge in [0.1, 0.15) is 17.2 Å². The summed E-state index contributed by atoms with van der Waals surface area (Å²) in [6, 6.07) is 16.2. The number of phenolic OH excluding ortho intramolecular Hbond substituents is 3. The van der Waals surface area contributed by atoms with Crippen LogP contribution in [0.4, 0.5) is 0 Å². The zero-order chi connectivity index (χ0) is 24.8. The van der Waals surface area contributed by atoms with E-state index in [-0.39, 0.29) is 75.2 Å². The van der Waals surface area contributed by atoms with Crippen LogP contribution in [-0.2, 0) is 25.7 Å². The second-order valence-corrected chi connectivity index (χ2v) is 9.74. The first-order valence-electron chi connectivity index (χ1n) is 12.7. The quantitative estimate of drug-likeness (QED) is 0.185. The van der Waals surface area contributed by atoms with E-state index >= 15 is 0 Å². The molecule has 2 atom stereocenters. The van der Waals surface area contributed by atoms with Gasteiger partial charge in [0.25, 0.3) is 0 Å². The number of rotatable bonds is 0. The van der Waals surface area contributed by atoms with Crippen LogP contribution in [0.15, 0.2) is 54.6 Å². The SMILES string of the molecule is C.Oc1ccc2c(c1)CCCC2.Oc1ccc2c(c1)[C@H](O)CCC2.Oc1ccc2c(c1)[C@H](O)CCC2.[Ac]. The van der Waals surface area contributed by atoms with Gasteiger partial charge in [-0.1, -0.05) is 25.6 Å². The van der Waals surface area contributed by atoms with Gasteiger partial charge in [0.2, 0.25) is 0 Å². The maximum Gasteiger partial charge on any atom is 0.115 e. The van der Waals surface area contributed by atoms with E-state index in [0.717, 1.165) is 56.1 Å². The van der Waals surface area contributed by atoms with Gasteiger partial charge in [-0.25, -0.2) is 0 Å². The van der Waals surface area contributed by atoms with Crippen LogP contribution in [0.2, 0.25) is 0 Å². The molecule has 6 heteroatoms. The fraction of sp³-hybridized carbons (Fsp3) is 0.419. The van der Waals surface area contributed by atoms with Gasteiger partial charge in [-0.2, -0.15) is 0 Å². The molecule has 3 aliphatic rings. The van der Waals surface area contributed by atoms with Crippen LogP contribution in [0.5, 0.6) is 17.2 Å². The average molecular weight is 720 g/mol. The Balaban J connectivity index is 0.000000190. The Hall–Kier alpha value is -1.58. The van der Waals surface area contributed by atoms with Gasteiger partial charge >= 0.3 is 0 Å². The van der Waals surface area contributed by atoms with Crippen LogP contribution in [0, 0.1) is 44.1 Å². The second kappa shape index (κ2) is 15.1. The van der Waals surface area contributed by atoms with Crippen LogP contribution in [-0.4, -0.2) is 25.5 Å². The van der Waals surface area contributed by atoms with E-state index in [4.69, 9.17) is 0 Å². The molecular weight excluding hydrogens is 679 g/mol. The molecule has 3 aromatic rings. The summed E-state index contributed by atoms with van der Waals surface area (Å²) in [5.41, 5.74) is 6.92. The molecule has 0 spiro atoms. The van der Waals surface area contributed by atoms with Crippen molar-refractivity contribution in [3.63, 3.8) is 0 Å². The molecule has 3 aliphatic carbocycles. The molecule has 0 aliphatic heterocycles. The maximum absolute atomic E-state index is 9.57. The summed E-state index contributed by atoms with van der Waals surface area (Å²) in [7, 11) is 0. The molecule has 3 aromatic carbocycles. The first-order valence-corrected chi connectivity index (χ1v) is 12.7. The Labute approximate surface area is 256 Å². The molecule has 5 N–H and O–H groups in total. The fourth-order valence-electron chi connectivity index (χ4n) is 5.24. The van der Waals surface area contributed by atoms with Gasteiger partial charge in [0, 0.05) is 44.1 Å². The smallest absolute Gasteiger partial charge is 0.115 e. The van der Waals surface area contributed by atoms with Gasteiger partial charge in [-0.3, -0.25) is 0 Å². The summed E-state index contributed by atoms with van der Waals surface area (Å²) in [5.74, 6) is 0.898. The Morgan fingerprint density at radius 2 is 0.865 bits per heavy atom. The number of aromatic hydroxyl groups is 3. The summed E-state index contributed by atoms with van der Waals surface area (Å²) in [5, 5.41) is 46.7. The Bertz CT molecular complexity index is 1080. The van der Waals surface area contributed by atoms with E-state index in [1.54, 1.807) is 30.3 Å². The van der Waals surface area contributed by atoms with Crippen molar-refractivity contribution in [1.82, 2.24) is 0 Å². The van der Waals surface area contributed by atoms with Crippen LogP contribution in [0.3, 0.4) is 0 Å². The summed E-state index contributed by atoms with van der Waals surface area (Å²) < 4.78 is 0. The van der Waals surface area contributed by atoms with Crippen molar-refractivity contribution >= 4 is 0 Å². The molecule has 0 saturated carbocycles. The number of aliphatic hydroxyl groups is 2. The van der Waals surface area contributed by atoms with Crippen LogP contribution in [0.1, 0.15) is 91.5 Å². The molecule has 0 aromatic heterocycles. The normalized spacial score (nSPS) is 19.0. The minimum absolute atomic E-state index is 0. The molecule has 0 saturated heterocycles. The Morgan fingerprint density at radius 1 is 0.486 bits per heavy atom. The zero-order valence-corrected chi connectivity index (χ0v) is 25.5. The fourth-order valence-corrected chi connectivity index (χ4v) is 5.24. The molecule has 1 radical (unpaired) electrons. The van der Waals surface area contributed by atoms with Gasteiger partial charge in [0.15, 0.2) is 0 Å². The van der Waals surface area contributed by atoms with E-state index < -0.39 is 0 Å². The van der Waals surface area contributed by atoms with Crippen molar-refractivity contribution in [3.05, 3.63) is 88.0 Å². The number of phenols is 3. The molecule has 0 fully saturated rings. The number of hydrogen-bond donors (Lipinski definition) is 5. The first-order chi connectivity index (χ1) is 16.9. The Kier molecular flexibility index (Phi) is 12.9. The third-order valence-corrected chi connectivity index (χ3v) is 7.16. The maximum atomic E-state index is 9.57. The summed E-state index contributed by atoms with van der Waals surface area (Å²) in [6.07, 6.45) is 9.92. The van der Waals surface area contributed by atoms with E-state index in [2.05, 4.69) is 0 Å². The van der Waals surface area contributed by atoms with Crippen molar-refractivity contribution in [2.24, 2.45) is 0 Å². The number of benzene rings is 3. The molecule has 0 unspecified atom stereocenters. The average Bonchev–Trinajstić information content (AvgIpc) is 2.86. The van der Waals surface area contributed by atoms with E-state index in [1.165, 1.54) is 41.5 Å². The standard InChI is InChI=1S/2C10H12O2.C10H12O.CH4.Ac/c2*11-8-5-4-7-2-1-3-10(12)9(7)6-8;11-10-6-5-8-3-1-2-4-9(8)7-10;;/h2*4-6,10-12H,1-3H2;5-7,11H,1-4H2;1H4;/t2*10-;;;/m11.../s1. The summed E-state index contributed by atoms with van der Waals surface area (Å²) >= 11 is 0. The van der Waals surface area contributed by atoms with Crippen LogP contribution in [0.25, 0.3) is 0 Å². The largest absolute Gasteiger partial charge is 0.508 e. The summed E-state index contributed by atoms with van der Waals surface area (Å²) in [4.78, 5) is 0. The van der Waals surface area contributed by atoms with E-state index in [9.17, 15) is 25.5 Å². The summed E-state index contributed by atoms with van der Waals surface area (Å²) in [6.45, 7) is 0. The number of fused-ring (bicyclic) bond motifs is 3. The molecule has 197 valence electrons. The topological polar surface area (TPSA) is 101 Å². The number of aryl methyl sites for hydroxylation is 4. The van der Waals surface area contributed by atoms with Crippen molar-refractivity contribution in [2.75, 3.05) is 0 Å². The molecule has 0 amide bonds. The molecule has 6 rings (SSSR count). The number of aliphatic hydroxyl groups excluding tert-OH is 2. The monoisotopic (exact) mass is 719 g/mol. The number of hydrogen-bond acceptors (Lipinski definition) is 5. The molecule has 0 bridgehead atoms. The van der Waals surface area contributed by atoms with Gasteiger partial charge in [0.05, 0.1) is 12.2 Å². The van der Waals surface area contributed by atoms with E-state index in [0.29, 0.717) is 5.75 Å². The van der Waals surface area contributed by atoms with Gasteiger partial charge < -0.3 is 25.5 Å². The first kappa shape index (κ1) is 31.6. The van der Waals surface area contributed by atoms with Crippen molar-refractivity contribution in [3.8, 4) is 17.2 Å². The van der Waals surface area contributed by atoms with Crippen molar-refractivity contribution in [1.29, 1.82) is 0 Å². The van der Waals surface area contributed by atoms with Gasteiger partial charge in [-0.15, -0.1) is 0 Å². The van der Waals surface area contributed by atoms with Crippen LogP contribution < -0.4 is 0 Å². The molecular formula is C31H40AcO5. The molecule has 5 nitrogen and oxygen atoms in total. The predicted molar refractivity (Wildman–Crippen MR) is 143 cm³/mol. The van der Waals surface area contributed by atoms with E-state index in [1.807, 2.05) is 24.3 Å². The van der Waals surface area contributed by atoms with Crippen LogP contribution >= 0.6 is 0 Å².